The van der Waals surface area contributed by atoms with Gasteiger partial charge in [0, 0.05) is 13.5 Å². The van der Waals surface area contributed by atoms with E-state index in [1.165, 1.54) is 7.11 Å². The summed E-state index contributed by atoms with van der Waals surface area (Å²) in [5.74, 6) is 2.18. The van der Waals surface area contributed by atoms with Crippen LogP contribution in [0.25, 0.3) is 0 Å². The summed E-state index contributed by atoms with van der Waals surface area (Å²) in [6.45, 7) is 11.5. The maximum absolute atomic E-state index is 11.8. The molecule has 0 aromatic heterocycles. The Hall–Kier alpha value is -1.36. The standard InChI is InChI=1S/C17H31NO5Si/c1-17(2,3)24(6,7)12-8-9-14(16(20)22-5)18-15(19)13-23-11-10-21-4/h14H,9-11,13H2,1-7H3,(H,18,19)/t14-/m0/s1. The number of amides is 1. The van der Waals surface area contributed by atoms with Crippen LogP contribution in [0.2, 0.25) is 18.1 Å². The van der Waals surface area contributed by atoms with Gasteiger partial charge in [-0.05, 0) is 5.04 Å². The molecule has 0 spiro atoms. The molecule has 0 heterocycles. The third kappa shape index (κ3) is 8.48. The van der Waals surface area contributed by atoms with E-state index in [2.05, 4.69) is 50.6 Å². The molecule has 1 amide bonds. The predicted molar refractivity (Wildman–Crippen MR) is 96.2 cm³/mol. The predicted octanol–water partition coefficient (Wildman–Crippen LogP) is 1.75. The number of hydrogen-bond donors (Lipinski definition) is 1. The van der Waals surface area contributed by atoms with Crippen molar-refractivity contribution in [2.45, 2.75) is 51.4 Å². The lowest BCUT2D eigenvalue weighted by Crippen LogP contribution is -2.43. The molecule has 0 fully saturated rings. The van der Waals surface area contributed by atoms with Crippen LogP contribution in [0, 0.1) is 11.5 Å². The Morgan fingerprint density at radius 1 is 1.17 bits per heavy atom. The second kappa shape index (κ2) is 10.5. The van der Waals surface area contributed by atoms with Crippen LogP contribution >= 0.6 is 0 Å². The molecule has 138 valence electrons. The maximum atomic E-state index is 11.8. The first-order valence-electron chi connectivity index (χ1n) is 7.99. The van der Waals surface area contributed by atoms with E-state index < -0.39 is 20.1 Å². The molecule has 0 aliphatic rings. The maximum Gasteiger partial charge on any atom is 0.329 e. The van der Waals surface area contributed by atoms with Crippen LogP contribution in [-0.4, -0.2) is 60.0 Å². The SMILES string of the molecule is COCCOCC(=O)N[C@@H](CC#C[Si](C)(C)C(C)(C)C)C(=O)OC. The van der Waals surface area contributed by atoms with Gasteiger partial charge in [-0.3, -0.25) is 4.79 Å². The second-order valence-corrected chi connectivity index (χ2v) is 12.1. The summed E-state index contributed by atoms with van der Waals surface area (Å²) in [7, 11) is 1.09. The van der Waals surface area contributed by atoms with E-state index in [4.69, 9.17) is 14.2 Å². The van der Waals surface area contributed by atoms with Gasteiger partial charge in [-0.2, -0.15) is 0 Å². The van der Waals surface area contributed by atoms with Crippen molar-refractivity contribution in [3.8, 4) is 11.5 Å². The van der Waals surface area contributed by atoms with Gasteiger partial charge in [0.2, 0.25) is 5.91 Å². The van der Waals surface area contributed by atoms with Crippen LogP contribution in [0.4, 0.5) is 0 Å². The summed E-state index contributed by atoms with van der Waals surface area (Å²) in [6.07, 6.45) is 0.225. The first kappa shape index (κ1) is 22.6. The van der Waals surface area contributed by atoms with E-state index in [1.54, 1.807) is 7.11 Å². The Bertz CT molecular complexity index is 474. The number of ether oxygens (including phenoxy) is 3. The molecule has 0 aromatic carbocycles. The highest BCUT2D eigenvalue weighted by Crippen LogP contribution is 2.35. The average molecular weight is 358 g/mol. The number of methoxy groups -OCH3 is 2. The number of carbonyl (C=O) groups excluding carboxylic acids is 2. The normalized spacial score (nSPS) is 12.8. The minimum Gasteiger partial charge on any atom is -0.467 e. The molecule has 0 rings (SSSR count). The first-order chi connectivity index (χ1) is 11.0. The molecule has 1 N–H and O–H groups in total. The number of rotatable bonds is 8. The van der Waals surface area contributed by atoms with Crippen molar-refractivity contribution in [1.82, 2.24) is 5.32 Å². The molecule has 7 heteroatoms. The van der Waals surface area contributed by atoms with Crippen molar-refractivity contribution in [3.63, 3.8) is 0 Å². The van der Waals surface area contributed by atoms with Crippen molar-refractivity contribution in [2.24, 2.45) is 0 Å². The minimum absolute atomic E-state index is 0.132. The molecule has 0 bridgehead atoms. The molecule has 0 aromatic rings. The third-order valence-corrected chi connectivity index (χ3v) is 8.62. The van der Waals surface area contributed by atoms with Crippen LogP contribution in [0.1, 0.15) is 27.2 Å². The second-order valence-electron chi connectivity index (χ2n) is 7.07. The highest BCUT2D eigenvalue weighted by Gasteiger charge is 2.33. The molecule has 24 heavy (non-hydrogen) atoms. The first-order valence-corrected chi connectivity index (χ1v) is 11.0. The van der Waals surface area contributed by atoms with Crippen LogP contribution in [0.5, 0.6) is 0 Å². The van der Waals surface area contributed by atoms with Gasteiger partial charge in [0.25, 0.3) is 0 Å². The van der Waals surface area contributed by atoms with Crippen LogP contribution in [-0.2, 0) is 23.8 Å². The third-order valence-electron chi connectivity index (χ3n) is 4.07. The zero-order chi connectivity index (χ0) is 18.8. The van der Waals surface area contributed by atoms with E-state index in [9.17, 15) is 9.59 Å². The molecular weight excluding hydrogens is 326 g/mol. The largest absolute Gasteiger partial charge is 0.467 e. The van der Waals surface area contributed by atoms with Crippen molar-refractivity contribution < 1.29 is 23.8 Å². The summed E-state index contributed by atoms with van der Waals surface area (Å²) in [6, 6.07) is -0.786. The zero-order valence-electron chi connectivity index (χ0n) is 15.9. The highest BCUT2D eigenvalue weighted by molar-refractivity contribution is 6.87. The van der Waals surface area contributed by atoms with E-state index in [0.717, 1.165) is 0 Å². The molecular formula is C17H31NO5Si. The van der Waals surface area contributed by atoms with Crippen molar-refractivity contribution in [3.05, 3.63) is 0 Å². The number of hydrogen-bond acceptors (Lipinski definition) is 5. The summed E-state index contributed by atoms with van der Waals surface area (Å²) in [5.41, 5.74) is 3.32. The van der Waals surface area contributed by atoms with E-state index in [1.807, 2.05) is 0 Å². The van der Waals surface area contributed by atoms with Gasteiger partial charge in [-0.15, -0.1) is 11.5 Å². The van der Waals surface area contributed by atoms with E-state index in [0.29, 0.717) is 13.2 Å². The lowest BCUT2D eigenvalue weighted by molar-refractivity contribution is -0.145. The fourth-order valence-electron chi connectivity index (χ4n) is 1.44. The lowest BCUT2D eigenvalue weighted by Gasteiger charge is -2.31. The van der Waals surface area contributed by atoms with Crippen LogP contribution in [0.3, 0.4) is 0 Å². The van der Waals surface area contributed by atoms with Gasteiger partial charge in [0.05, 0.1) is 20.3 Å². The molecule has 0 aliphatic carbocycles. The van der Waals surface area contributed by atoms with Crippen LogP contribution in [0.15, 0.2) is 0 Å². The highest BCUT2D eigenvalue weighted by atomic mass is 28.3. The Kier molecular flexibility index (Phi) is 9.90. The van der Waals surface area contributed by atoms with Crippen molar-refractivity contribution in [1.29, 1.82) is 0 Å². The number of esters is 1. The monoisotopic (exact) mass is 357 g/mol. The van der Waals surface area contributed by atoms with Gasteiger partial charge in [-0.25, -0.2) is 4.79 Å². The summed E-state index contributed by atoms with van der Waals surface area (Å²) < 4.78 is 14.7. The summed E-state index contributed by atoms with van der Waals surface area (Å²) in [5, 5.41) is 2.74. The Morgan fingerprint density at radius 2 is 1.79 bits per heavy atom. The average Bonchev–Trinajstić information content (AvgIpc) is 2.48. The van der Waals surface area contributed by atoms with Gasteiger partial charge in [-0.1, -0.05) is 33.9 Å². The Morgan fingerprint density at radius 3 is 2.29 bits per heavy atom. The Balaban J connectivity index is 4.71. The quantitative estimate of drug-likeness (QED) is 0.310. The van der Waals surface area contributed by atoms with Gasteiger partial charge in [0.1, 0.15) is 20.7 Å². The minimum atomic E-state index is -1.75. The van der Waals surface area contributed by atoms with Crippen molar-refractivity contribution in [2.75, 3.05) is 34.0 Å². The molecule has 0 radical (unpaired) electrons. The van der Waals surface area contributed by atoms with E-state index >= 15 is 0 Å². The number of carbonyl (C=O) groups is 2. The fourth-order valence-corrected chi connectivity index (χ4v) is 2.36. The lowest BCUT2D eigenvalue weighted by atomic mass is 10.2. The molecule has 0 unspecified atom stereocenters. The van der Waals surface area contributed by atoms with Crippen LogP contribution < -0.4 is 5.32 Å². The summed E-state index contributed by atoms with van der Waals surface area (Å²) in [4.78, 5) is 23.7. The smallest absolute Gasteiger partial charge is 0.329 e. The summed E-state index contributed by atoms with van der Waals surface area (Å²) >= 11 is 0. The topological polar surface area (TPSA) is 73.9 Å². The fraction of sp³-hybridized carbons (Fsp3) is 0.765. The number of nitrogens with one attached hydrogen (secondary N) is 1. The van der Waals surface area contributed by atoms with Gasteiger partial charge >= 0.3 is 5.97 Å². The molecule has 0 saturated carbocycles. The molecule has 6 nitrogen and oxygen atoms in total. The van der Waals surface area contributed by atoms with Gasteiger partial charge in [0.15, 0.2) is 0 Å². The Labute approximate surface area is 146 Å². The molecule has 0 saturated heterocycles. The van der Waals surface area contributed by atoms with Crippen molar-refractivity contribution >= 4 is 20.0 Å². The van der Waals surface area contributed by atoms with Gasteiger partial charge < -0.3 is 19.5 Å². The molecule has 1 atom stereocenters. The zero-order valence-corrected chi connectivity index (χ0v) is 16.9. The van der Waals surface area contributed by atoms with E-state index in [-0.39, 0.29) is 24.0 Å². The molecule has 0 aliphatic heterocycles.